The van der Waals surface area contributed by atoms with E-state index >= 15 is 0 Å². The Morgan fingerprint density at radius 3 is 2.21 bits per heavy atom. The van der Waals surface area contributed by atoms with Crippen molar-refractivity contribution in [3.8, 4) is 11.1 Å². The van der Waals surface area contributed by atoms with Crippen LogP contribution in [0.1, 0.15) is 38.4 Å². The number of rotatable bonds is 9. The van der Waals surface area contributed by atoms with Gasteiger partial charge in [-0.25, -0.2) is 0 Å². The summed E-state index contributed by atoms with van der Waals surface area (Å²) in [6, 6.07) is 16.1. The third-order valence-electron chi connectivity index (χ3n) is 5.84. The Labute approximate surface area is 200 Å². The molecule has 4 rings (SSSR count). The minimum absolute atomic E-state index is 0.0115. The number of amides is 2. The van der Waals surface area contributed by atoms with Gasteiger partial charge in [0.15, 0.2) is 0 Å². The molecule has 1 aromatic heterocycles. The van der Waals surface area contributed by atoms with E-state index in [0.717, 1.165) is 20.9 Å². The molecule has 0 aliphatic carbocycles. The van der Waals surface area contributed by atoms with Gasteiger partial charge in [0.1, 0.15) is 0 Å². The minimum atomic E-state index is -1.15. The van der Waals surface area contributed by atoms with Crippen LogP contribution in [0, 0.1) is 5.92 Å². The predicted molar refractivity (Wildman–Crippen MR) is 127 cm³/mol. The number of aliphatic hydroxyl groups excluding tert-OH is 1. The van der Waals surface area contributed by atoms with Gasteiger partial charge in [-0.05, 0) is 66.1 Å². The topological polar surface area (TPSA) is 94.9 Å². The average Bonchev–Trinajstić information content (AvgIpc) is 3.37. The zero-order chi connectivity index (χ0) is 23.5. The largest absolute Gasteiger partial charge is 0.481 e. The van der Waals surface area contributed by atoms with E-state index < -0.39 is 29.8 Å². The standard InChI is InChI=1S/C25H22ClNO5S/c26-17-7-5-15(6-8-17)16-13-18(33-14-16)9-10-22(28)21(25(31)32)11-12-27-23(29)19-3-1-2-4-20(19)24(27)30/h1-8,13-14,21-22,28H,9-12H2,(H,31,32). The Hall–Kier alpha value is -3.00. The van der Waals surface area contributed by atoms with Gasteiger partial charge in [0.2, 0.25) is 0 Å². The van der Waals surface area contributed by atoms with Crippen molar-refractivity contribution in [2.75, 3.05) is 6.54 Å². The Morgan fingerprint density at radius 2 is 1.61 bits per heavy atom. The number of carbonyl (C=O) groups is 3. The maximum absolute atomic E-state index is 12.5. The van der Waals surface area contributed by atoms with Crippen molar-refractivity contribution in [2.24, 2.45) is 5.92 Å². The summed E-state index contributed by atoms with van der Waals surface area (Å²) >= 11 is 7.49. The van der Waals surface area contributed by atoms with Crippen molar-refractivity contribution in [1.82, 2.24) is 4.90 Å². The highest BCUT2D eigenvalue weighted by Gasteiger charge is 2.36. The molecule has 2 amide bonds. The van der Waals surface area contributed by atoms with Crippen LogP contribution in [-0.4, -0.2) is 45.5 Å². The van der Waals surface area contributed by atoms with Crippen LogP contribution in [0.3, 0.4) is 0 Å². The van der Waals surface area contributed by atoms with Gasteiger partial charge in [-0.2, -0.15) is 0 Å². The second-order valence-corrected chi connectivity index (χ2v) is 9.39. The number of aliphatic carboxylic acids is 1. The first-order valence-corrected chi connectivity index (χ1v) is 11.8. The number of thiophene rings is 1. The van der Waals surface area contributed by atoms with E-state index in [0.29, 0.717) is 22.6 Å². The summed E-state index contributed by atoms with van der Waals surface area (Å²) in [7, 11) is 0. The van der Waals surface area contributed by atoms with E-state index in [1.807, 2.05) is 35.7 Å². The Bertz CT molecular complexity index is 1150. The van der Waals surface area contributed by atoms with Gasteiger partial charge in [-0.15, -0.1) is 11.3 Å². The number of aryl methyl sites for hydroxylation is 1. The van der Waals surface area contributed by atoms with Crippen molar-refractivity contribution in [3.05, 3.63) is 81.0 Å². The highest BCUT2D eigenvalue weighted by atomic mass is 35.5. The Morgan fingerprint density at radius 1 is 0.970 bits per heavy atom. The molecule has 2 aromatic carbocycles. The van der Waals surface area contributed by atoms with Crippen LogP contribution >= 0.6 is 22.9 Å². The predicted octanol–water partition coefficient (Wildman–Crippen LogP) is 4.75. The molecule has 170 valence electrons. The molecule has 2 atom stereocenters. The lowest BCUT2D eigenvalue weighted by Crippen LogP contribution is -2.36. The van der Waals surface area contributed by atoms with Gasteiger partial charge in [-0.1, -0.05) is 35.9 Å². The fourth-order valence-electron chi connectivity index (χ4n) is 3.99. The van der Waals surface area contributed by atoms with Gasteiger partial charge in [0, 0.05) is 16.4 Å². The van der Waals surface area contributed by atoms with Crippen LogP contribution in [0.2, 0.25) is 5.02 Å². The molecular weight excluding hydrogens is 462 g/mol. The third kappa shape index (κ3) is 5.00. The quantitative estimate of drug-likeness (QED) is 0.428. The first-order valence-electron chi connectivity index (χ1n) is 10.5. The van der Waals surface area contributed by atoms with E-state index in [2.05, 4.69) is 0 Å². The van der Waals surface area contributed by atoms with E-state index in [-0.39, 0.29) is 19.4 Å². The molecule has 1 aliphatic heterocycles. The lowest BCUT2D eigenvalue weighted by molar-refractivity contribution is -0.146. The summed E-state index contributed by atoms with van der Waals surface area (Å²) in [6.07, 6.45) is -0.322. The summed E-state index contributed by atoms with van der Waals surface area (Å²) in [5, 5.41) is 22.9. The Balaban J connectivity index is 1.35. The molecule has 0 saturated carbocycles. The van der Waals surface area contributed by atoms with Crippen LogP contribution in [0.25, 0.3) is 11.1 Å². The zero-order valence-corrected chi connectivity index (χ0v) is 19.2. The third-order valence-corrected chi connectivity index (χ3v) is 7.09. The van der Waals surface area contributed by atoms with Gasteiger partial charge < -0.3 is 10.2 Å². The molecule has 0 spiro atoms. The lowest BCUT2D eigenvalue weighted by Gasteiger charge is -2.21. The minimum Gasteiger partial charge on any atom is -0.481 e. The van der Waals surface area contributed by atoms with Crippen molar-refractivity contribution in [2.45, 2.75) is 25.4 Å². The summed E-state index contributed by atoms with van der Waals surface area (Å²) in [5.41, 5.74) is 2.72. The number of nitrogens with zero attached hydrogens (tertiary/aromatic N) is 1. The first-order chi connectivity index (χ1) is 15.8. The molecule has 8 heteroatoms. The van der Waals surface area contributed by atoms with Crippen molar-refractivity contribution < 1.29 is 24.6 Å². The van der Waals surface area contributed by atoms with E-state index in [1.165, 1.54) is 0 Å². The second-order valence-electron chi connectivity index (χ2n) is 7.96. The number of carboxylic acids is 1. The Kier molecular flexibility index (Phi) is 6.93. The normalized spacial score (nSPS) is 14.9. The second kappa shape index (κ2) is 9.87. The molecule has 0 bridgehead atoms. The van der Waals surface area contributed by atoms with Crippen LogP contribution < -0.4 is 0 Å². The molecule has 33 heavy (non-hydrogen) atoms. The summed E-state index contributed by atoms with van der Waals surface area (Å²) in [5.74, 6) is -3.08. The summed E-state index contributed by atoms with van der Waals surface area (Å²) in [6.45, 7) is -0.0555. The van der Waals surface area contributed by atoms with Gasteiger partial charge in [-0.3, -0.25) is 19.3 Å². The molecule has 2 unspecified atom stereocenters. The van der Waals surface area contributed by atoms with Crippen LogP contribution in [0.15, 0.2) is 60.0 Å². The monoisotopic (exact) mass is 483 g/mol. The number of benzene rings is 2. The molecule has 0 fully saturated rings. The number of fused-ring (bicyclic) bond motifs is 1. The first kappa shape index (κ1) is 23.2. The van der Waals surface area contributed by atoms with Gasteiger partial charge in [0.05, 0.1) is 23.1 Å². The maximum Gasteiger partial charge on any atom is 0.309 e. The van der Waals surface area contributed by atoms with Crippen LogP contribution in [0.5, 0.6) is 0 Å². The number of carboxylic acid groups (broad SMARTS) is 1. The molecule has 3 aromatic rings. The summed E-state index contributed by atoms with van der Waals surface area (Å²) < 4.78 is 0. The van der Waals surface area contributed by atoms with Crippen molar-refractivity contribution in [3.63, 3.8) is 0 Å². The zero-order valence-electron chi connectivity index (χ0n) is 17.6. The highest BCUT2D eigenvalue weighted by molar-refractivity contribution is 7.10. The molecular formula is C25H22ClNO5S. The van der Waals surface area contributed by atoms with Crippen molar-refractivity contribution >= 4 is 40.7 Å². The number of imide groups is 1. The lowest BCUT2D eigenvalue weighted by atomic mass is 9.94. The number of aliphatic hydroxyl groups is 1. The molecule has 0 radical (unpaired) electrons. The molecule has 6 nitrogen and oxygen atoms in total. The van der Waals surface area contributed by atoms with Gasteiger partial charge >= 0.3 is 5.97 Å². The number of hydrogen-bond donors (Lipinski definition) is 2. The molecule has 1 aliphatic rings. The van der Waals surface area contributed by atoms with Crippen LogP contribution in [-0.2, 0) is 11.2 Å². The number of carbonyl (C=O) groups excluding carboxylic acids is 2. The maximum atomic E-state index is 12.5. The molecule has 2 N–H and O–H groups in total. The van der Waals surface area contributed by atoms with Crippen LogP contribution in [0.4, 0.5) is 0 Å². The fraction of sp³-hybridized carbons (Fsp3) is 0.240. The van der Waals surface area contributed by atoms with Gasteiger partial charge in [0.25, 0.3) is 11.8 Å². The fourth-order valence-corrected chi connectivity index (χ4v) is 5.03. The number of hydrogen-bond acceptors (Lipinski definition) is 5. The average molecular weight is 484 g/mol. The van der Waals surface area contributed by atoms with E-state index in [9.17, 15) is 24.6 Å². The smallest absolute Gasteiger partial charge is 0.309 e. The van der Waals surface area contributed by atoms with E-state index in [1.54, 1.807) is 35.6 Å². The number of halogens is 1. The van der Waals surface area contributed by atoms with Crippen molar-refractivity contribution in [1.29, 1.82) is 0 Å². The highest BCUT2D eigenvalue weighted by Crippen LogP contribution is 2.29. The van der Waals surface area contributed by atoms with E-state index in [4.69, 9.17) is 11.6 Å². The molecule has 0 saturated heterocycles. The molecule has 2 heterocycles. The SMILES string of the molecule is O=C(O)C(CCN1C(=O)c2ccccc2C1=O)C(O)CCc1cc(-c2ccc(Cl)cc2)cs1. The summed E-state index contributed by atoms with van der Waals surface area (Å²) in [4.78, 5) is 38.9.